The molecule has 3 heterocycles. The Morgan fingerprint density at radius 3 is 2.77 bits per heavy atom. The molecule has 8 nitrogen and oxygen atoms in total. The van der Waals surface area contributed by atoms with Crippen LogP contribution < -0.4 is 0 Å². The highest BCUT2D eigenvalue weighted by Gasteiger charge is 2.36. The molecule has 1 aliphatic heterocycles. The van der Waals surface area contributed by atoms with Crippen LogP contribution in [0.5, 0.6) is 0 Å². The van der Waals surface area contributed by atoms with E-state index >= 15 is 0 Å². The summed E-state index contributed by atoms with van der Waals surface area (Å²) in [6.07, 6.45) is 4.74. The Morgan fingerprint density at radius 2 is 2.14 bits per heavy atom. The number of methoxy groups -OCH3 is 1. The van der Waals surface area contributed by atoms with Crippen molar-refractivity contribution in [2.45, 2.75) is 31.1 Å². The van der Waals surface area contributed by atoms with Crippen molar-refractivity contribution in [3.63, 3.8) is 0 Å². The molecule has 2 aromatic heterocycles. The Kier molecular flexibility index (Phi) is 3.79. The SMILES string of the molecule is COCc1cnc2n1CCN(S(=O)(=O)c1cn(C)cn1)C2C. The van der Waals surface area contributed by atoms with E-state index in [2.05, 4.69) is 9.97 Å². The predicted octanol–water partition coefficient (Wildman–Crippen LogP) is 0.528. The molecule has 1 atom stereocenters. The summed E-state index contributed by atoms with van der Waals surface area (Å²) in [7, 11) is -0.245. The van der Waals surface area contributed by atoms with E-state index in [0.29, 0.717) is 19.7 Å². The van der Waals surface area contributed by atoms with Crippen LogP contribution in [-0.4, -0.2) is 45.5 Å². The van der Waals surface area contributed by atoms with Gasteiger partial charge >= 0.3 is 0 Å². The summed E-state index contributed by atoms with van der Waals surface area (Å²) in [6.45, 7) is 3.26. The van der Waals surface area contributed by atoms with E-state index in [1.807, 2.05) is 11.5 Å². The second-order valence-electron chi connectivity index (χ2n) is 5.36. The number of rotatable bonds is 4. The van der Waals surface area contributed by atoms with Crippen LogP contribution in [0.3, 0.4) is 0 Å². The lowest BCUT2D eigenvalue weighted by Gasteiger charge is -2.32. The van der Waals surface area contributed by atoms with Crippen LogP contribution in [0.15, 0.2) is 23.7 Å². The molecule has 0 saturated carbocycles. The molecular weight excluding hydrogens is 306 g/mol. The lowest BCUT2D eigenvalue weighted by atomic mass is 10.2. The van der Waals surface area contributed by atoms with E-state index in [9.17, 15) is 8.42 Å². The zero-order chi connectivity index (χ0) is 15.9. The maximum absolute atomic E-state index is 12.7. The fourth-order valence-corrected chi connectivity index (χ4v) is 4.33. The van der Waals surface area contributed by atoms with Gasteiger partial charge in [-0.25, -0.2) is 18.4 Å². The van der Waals surface area contributed by atoms with Crippen molar-refractivity contribution in [2.75, 3.05) is 13.7 Å². The Bertz CT molecular complexity index is 779. The maximum Gasteiger partial charge on any atom is 0.262 e. The number of ether oxygens (including phenoxy) is 1. The van der Waals surface area contributed by atoms with Gasteiger partial charge in [0, 0.05) is 33.4 Å². The molecule has 0 amide bonds. The third-order valence-electron chi connectivity index (χ3n) is 3.87. The minimum atomic E-state index is -3.62. The molecule has 0 N–H and O–H groups in total. The summed E-state index contributed by atoms with van der Waals surface area (Å²) in [6, 6.07) is -0.341. The zero-order valence-corrected chi connectivity index (χ0v) is 13.6. The minimum Gasteiger partial charge on any atom is -0.378 e. The first-order chi connectivity index (χ1) is 10.4. The Morgan fingerprint density at radius 1 is 1.36 bits per heavy atom. The second-order valence-corrected chi connectivity index (χ2v) is 7.20. The van der Waals surface area contributed by atoms with Crippen molar-refractivity contribution >= 4 is 10.0 Å². The monoisotopic (exact) mass is 325 g/mol. The van der Waals surface area contributed by atoms with Gasteiger partial charge < -0.3 is 13.9 Å². The average Bonchev–Trinajstić information content (AvgIpc) is 3.07. The fraction of sp³-hybridized carbons (Fsp3) is 0.538. The highest BCUT2D eigenvalue weighted by Crippen LogP contribution is 2.30. The lowest BCUT2D eigenvalue weighted by Crippen LogP contribution is -2.41. The molecule has 0 spiro atoms. The number of nitrogens with zero attached hydrogens (tertiary/aromatic N) is 5. The number of aromatic nitrogens is 4. The van der Waals surface area contributed by atoms with Crippen LogP contribution in [0.25, 0.3) is 0 Å². The molecule has 0 radical (unpaired) electrons. The van der Waals surface area contributed by atoms with Crippen molar-refractivity contribution < 1.29 is 13.2 Å². The smallest absolute Gasteiger partial charge is 0.262 e. The first kappa shape index (κ1) is 15.2. The molecule has 22 heavy (non-hydrogen) atoms. The molecule has 3 rings (SSSR count). The number of sulfonamides is 1. The third-order valence-corrected chi connectivity index (χ3v) is 5.72. The average molecular weight is 325 g/mol. The van der Waals surface area contributed by atoms with E-state index < -0.39 is 10.0 Å². The summed E-state index contributed by atoms with van der Waals surface area (Å²) >= 11 is 0. The molecule has 0 aromatic carbocycles. The van der Waals surface area contributed by atoms with Crippen molar-refractivity contribution in [3.05, 3.63) is 30.2 Å². The van der Waals surface area contributed by atoms with Crippen LogP contribution in [-0.2, 0) is 35.0 Å². The first-order valence-corrected chi connectivity index (χ1v) is 8.42. The number of imidazole rings is 2. The number of aryl methyl sites for hydroxylation is 1. The molecule has 0 bridgehead atoms. The summed E-state index contributed by atoms with van der Waals surface area (Å²) in [5.74, 6) is 0.734. The molecule has 9 heteroatoms. The van der Waals surface area contributed by atoms with E-state index in [4.69, 9.17) is 4.74 Å². The van der Waals surface area contributed by atoms with Gasteiger partial charge in [0.2, 0.25) is 0 Å². The molecule has 120 valence electrons. The van der Waals surface area contributed by atoms with Gasteiger partial charge in [-0.2, -0.15) is 4.31 Å². The van der Waals surface area contributed by atoms with Gasteiger partial charge in [0.05, 0.1) is 30.9 Å². The highest BCUT2D eigenvalue weighted by molar-refractivity contribution is 7.89. The largest absolute Gasteiger partial charge is 0.378 e. The Labute approximate surface area is 129 Å². The van der Waals surface area contributed by atoms with Crippen molar-refractivity contribution in [2.24, 2.45) is 7.05 Å². The van der Waals surface area contributed by atoms with Gasteiger partial charge in [-0.1, -0.05) is 0 Å². The van der Waals surface area contributed by atoms with E-state index in [1.165, 1.54) is 16.8 Å². The Balaban J connectivity index is 1.94. The van der Waals surface area contributed by atoms with Gasteiger partial charge in [-0.15, -0.1) is 0 Å². The standard InChI is InChI=1S/C13H19N5O3S/c1-10-13-14-6-11(8-21-3)17(13)4-5-18(10)22(19,20)12-7-16(2)9-15-12/h6-7,9-10H,4-5,8H2,1-3H3. The van der Waals surface area contributed by atoms with Crippen LogP contribution >= 0.6 is 0 Å². The molecule has 1 aliphatic rings. The highest BCUT2D eigenvalue weighted by atomic mass is 32.2. The summed E-state index contributed by atoms with van der Waals surface area (Å²) < 4.78 is 35.7. The molecule has 1 unspecified atom stereocenters. The van der Waals surface area contributed by atoms with Crippen LogP contribution in [0.2, 0.25) is 0 Å². The van der Waals surface area contributed by atoms with Crippen LogP contribution in [0, 0.1) is 0 Å². The van der Waals surface area contributed by atoms with Crippen LogP contribution in [0.4, 0.5) is 0 Å². The van der Waals surface area contributed by atoms with Gasteiger partial charge in [0.1, 0.15) is 5.82 Å². The fourth-order valence-electron chi connectivity index (χ4n) is 2.77. The molecule has 2 aromatic rings. The summed E-state index contributed by atoms with van der Waals surface area (Å²) in [4.78, 5) is 8.34. The summed E-state index contributed by atoms with van der Waals surface area (Å²) in [5.41, 5.74) is 0.958. The van der Waals surface area contributed by atoms with Crippen LogP contribution in [0.1, 0.15) is 24.5 Å². The van der Waals surface area contributed by atoms with Gasteiger partial charge in [-0.05, 0) is 6.92 Å². The number of hydrogen-bond acceptors (Lipinski definition) is 5. The Hall–Kier alpha value is -1.71. The molecule has 0 saturated heterocycles. The van der Waals surface area contributed by atoms with Gasteiger partial charge in [0.25, 0.3) is 10.0 Å². The number of fused-ring (bicyclic) bond motifs is 1. The second kappa shape index (κ2) is 5.49. The van der Waals surface area contributed by atoms with E-state index in [0.717, 1.165) is 11.5 Å². The van der Waals surface area contributed by atoms with Crippen molar-refractivity contribution in [3.8, 4) is 0 Å². The molecule has 0 aliphatic carbocycles. The van der Waals surface area contributed by atoms with Gasteiger partial charge in [0.15, 0.2) is 5.03 Å². The quantitative estimate of drug-likeness (QED) is 0.819. The zero-order valence-electron chi connectivity index (χ0n) is 12.8. The summed E-state index contributed by atoms with van der Waals surface area (Å²) in [5, 5.41) is 0.0685. The van der Waals surface area contributed by atoms with Crippen molar-refractivity contribution in [1.82, 2.24) is 23.4 Å². The molecule has 0 fully saturated rings. The minimum absolute atomic E-state index is 0.0685. The van der Waals surface area contributed by atoms with Gasteiger partial charge in [-0.3, -0.25) is 0 Å². The topological polar surface area (TPSA) is 82.3 Å². The first-order valence-electron chi connectivity index (χ1n) is 6.98. The number of hydrogen-bond donors (Lipinski definition) is 0. The third kappa shape index (κ3) is 2.34. The predicted molar refractivity (Wildman–Crippen MR) is 78.5 cm³/mol. The normalized spacial score (nSPS) is 19.3. The maximum atomic E-state index is 12.7. The van der Waals surface area contributed by atoms with E-state index in [1.54, 1.807) is 24.9 Å². The van der Waals surface area contributed by atoms with E-state index in [-0.39, 0.29) is 11.1 Å². The molecular formula is C13H19N5O3S. The van der Waals surface area contributed by atoms with Crippen molar-refractivity contribution in [1.29, 1.82) is 0 Å². The lowest BCUT2D eigenvalue weighted by molar-refractivity contribution is 0.173.